The van der Waals surface area contributed by atoms with Gasteiger partial charge in [-0.3, -0.25) is 9.36 Å². The van der Waals surface area contributed by atoms with E-state index >= 15 is 0 Å². The minimum absolute atomic E-state index is 0.0293. The molecule has 0 bridgehead atoms. The molecule has 1 amide bonds. The van der Waals surface area contributed by atoms with Crippen molar-refractivity contribution in [2.75, 3.05) is 12.9 Å². The van der Waals surface area contributed by atoms with Gasteiger partial charge in [0.15, 0.2) is 11.0 Å². The van der Waals surface area contributed by atoms with E-state index in [9.17, 15) is 9.90 Å². The summed E-state index contributed by atoms with van der Waals surface area (Å²) in [5.74, 6) is 1.16. The summed E-state index contributed by atoms with van der Waals surface area (Å²) in [5.41, 5.74) is 4.66. The fraction of sp³-hybridized carbons (Fsp3) is 0.0833. The molecule has 4 aromatic rings. The monoisotopic (exact) mass is 615 g/mol. The molecule has 1 heterocycles. The van der Waals surface area contributed by atoms with Crippen LogP contribution in [0.2, 0.25) is 0 Å². The SMILES string of the molecule is COc1ccc(-n2c(SCC(=O)N/N=C/c3cc(Br)cc(Br)c3O)nnc2-c2ccccc2)cc1. The Morgan fingerprint density at radius 3 is 2.60 bits per heavy atom. The van der Waals surface area contributed by atoms with Crippen LogP contribution < -0.4 is 10.2 Å². The molecule has 8 nitrogen and oxygen atoms in total. The number of methoxy groups -OCH3 is 1. The molecule has 0 radical (unpaired) electrons. The molecule has 0 aliphatic carbocycles. The second kappa shape index (κ2) is 11.5. The first-order valence-electron chi connectivity index (χ1n) is 10.2. The number of thioether (sulfide) groups is 1. The summed E-state index contributed by atoms with van der Waals surface area (Å²) in [7, 11) is 1.61. The quantitative estimate of drug-likeness (QED) is 0.156. The first-order chi connectivity index (χ1) is 17.0. The normalized spacial score (nSPS) is 11.1. The molecule has 2 N–H and O–H groups in total. The number of phenols is 1. The molecule has 178 valence electrons. The number of nitrogens with one attached hydrogen (secondary N) is 1. The van der Waals surface area contributed by atoms with Gasteiger partial charge >= 0.3 is 0 Å². The second-order valence-corrected chi connectivity index (χ2v) is 9.83. The molecule has 3 aromatic carbocycles. The van der Waals surface area contributed by atoms with E-state index in [1.165, 1.54) is 18.0 Å². The number of amides is 1. The largest absolute Gasteiger partial charge is 0.506 e. The van der Waals surface area contributed by atoms with Crippen molar-refractivity contribution in [3.05, 3.63) is 81.2 Å². The van der Waals surface area contributed by atoms with Gasteiger partial charge < -0.3 is 9.84 Å². The van der Waals surface area contributed by atoms with Crippen molar-refractivity contribution < 1.29 is 14.6 Å². The number of nitrogens with zero attached hydrogens (tertiary/aromatic N) is 4. The predicted octanol–water partition coefficient (Wildman–Crippen LogP) is 5.42. The average Bonchev–Trinajstić information content (AvgIpc) is 3.30. The van der Waals surface area contributed by atoms with Gasteiger partial charge in [-0.15, -0.1) is 10.2 Å². The maximum atomic E-state index is 12.4. The van der Waals surface area contributed by atoms with E-state index in [2.05, 4.69) is 52.6 Å². The van der Waals surface area contributed by atoms with Crippen LogP contribution in [-0.2, 0) is 4.79 Å². The van der Waals surface area contributed by atoms with Crippen molar-refractivity contribution in [1.29, 1.82) is 0 Å². The number of halogens is 2. The third kappa shape index (κ3) is 6.11. The van der Waals surface area contributed by atoms with E-state index in [1.807, 2.05) is 59.2 Å². The van der Waals surface area contributed by atoms with Gasteiger partial charge in [0, 0.05) is 21.3 Å². The van der Waals surface area contributed by atoms with Crippen LogP contribution in [0, 0.1) is 0 Å². The highest BCUT2D eigenvalue weighted by Gasteiger charge is 2.17. The molecule has 0 atom stereocenters. The molecule has 4 rings (SSSR count). The molecule has 0 unspecified atom stereocenters. The predicted molar refractivity (Wildman–Crippen MR) is 143 cm³/mol. The van der Waals surface area contributed by atoms with Crippen molar-refractivity contribution in [3.63, 3.8) is 0 Å². The first-order valence-corrected chi connectivity index (χ1v) is 12.8. The minimum Gasteiger partial charge on any atom is -0.506 e. The fourth-order valence-electron chi connectivity index (χ4n) is 3.12. The van der Waals surface area contributed by atoms with Gasteiger partial charge in [0.2, 0.25) is 0 Å². The van der Waals surface area contributed by atoms with Crippen molar-refractivity contribution in [2.24, 2.45) is 5.10 Å². The summed E-state index contributed by atoms with van der Waals surface area (Å²) < 4.78 is 8.44. The molecule has 11 heteroatoms. The number of hydrazone groups is 1. The van der Waals surface area contributed by atoms with Gasteiger partial charge in [-0.25, -0.2) is 5.43 Å². The zero-order valence-electron chi connectivity index (χ0n) is 18.4. The lowest BCUT2D eigenvalue weighted by Gasteiger charge is -2.11. The van der Waals surface area contributed by atoms with Crippen LogP contribution >= 0.6 is 43.6 Å². The zero-order valence-corrected chi connectivity index (χ0v) is 22.3. The summed E-state index contributed by atoms with van der Waals surface area (Å²) in [6.45, 7) is 0. The number of hydrogen-bond donors (Lipinski definition) is 2. The molecule has 1 aromatic heterocycles. The lowest BCUT2D eigenvalue weighted by atomic mass is 10.2. The topological polar surface area (TPSA) is 102 Å². The van der Waals surface area contributed by atoms with E-state index in [1.54, 1.807) is 19.2 Å². The number of rotatable bonds is 8. The lowest BCUT2D eigenvalue weighted by molar-refractivity contribution is -0.118. The standard InChI is InChI=1S/C24H19Br2N5O3S/c1-34-19-9-7-18(8-10-19)31-23(15-5-3-2-4-6-15)29-30-24(31)35-14-21(32)28-27-13-16-11-17(25)12-20(26)22(16)33/h2-13,33H,14H2,1H3,(H,28,32)/b27-13+. The van der Waals surface area contributed by atoms with E-state index in [0.29, 0.717) is 21.0 Å². The number of carbonyl (C=O) groups excluding carboxylic acids is 1. The molecule has 35 heavy (non-hydrogen) atoms. The lowest BCUT2D eigenvalue weighted by Crippen LogP contribution is -2.20. The zero-order chi connectivity index (χ0) is 24.8. The Labute approximate surface area is 222 Å². The molecule has 0 aliphatic heterocycles. The molecule has 0 aliphatic rings. The Kier molecular flexibility index (Phi) is 8.21. The number of carbonyl (C=O) groups is 1. The van der Waals surface area contributed by atoms with E-state index < -0.39 is 0 Å². The molecule has 0 spiro atoms. The number of ether oxygens (including phenoxy) is 1. The van der Waals surface area contributed by atoms with Crippen molar-refractivity contribution >= 4 is 55.7 Å². The maximum Gasteiger partial charge on any atom is 0.250 e. The Hall–Kier alpha value is -3.15. The second-order valence-electron chi connectivity index (χ2n) is 7.11. The van der Waals surface area contributed by atoms with E-state index in [0.717, 1.165) is 21.5 Å². The highest BCUT2D eigenvalue weighted by Crippen LogP contribution is 2.31. The van der Waals surface area contributed by atoms with Crippen molar-refractivity contribution in [2.45, 2.75) is 5.16 Å². The van der Waals surface area contributed by atoms with Gasteiger partial charge in [-0.05, 0) is 52.3 Å². The van der Waals surface area contributed by atoms with Gasteiger partial charge in [-0.1, -0.05) is 58.0 Å². The number of phenolic OH excluding ortho intramolecular Hbond substituents is 1. The molecule has 0 fully saturated rings. The fourth-order valence-corrected chi connectivity index (χ4v) is 5.12. The molecular formula is C24H19Br2N5O3S. The van der Waals surface area contributed by atoms with Crippen molar-refractivity contribution in [1.82, 2.24) is 20.2 Å². The molecule has 0 saturated carbocycles. The minimum atomic E-state index is -0.328. The Balaban J connectivity index is 1.51. The summed E-state index contributed by atoms with van der Waals surface area (Å²) in [6.07, 6.45) is 1.38. The number of aromatic nitrogens is 3. The van der Waals surface area contributed by atoms with Crippen LogP contribution in [0.5, 0.6) is 11.5 Å². The number of hydrogen-bond acceptors (Lipinski definition) is 7. The average molecular weight is 617 g/mol. The van der Waals surface area contributed by atoms with Crippen LogP contribution in [0.3, 0.4) is 0 Å². The summed E-state index contributed by atoms with van der Waals surface area (Å²) in [5, 5.41) is 23.3. The van der Waals surface area contributed by atoms with E-state index in [4.69, 9.17) is 4.74 Å². The molecule has 0 saturated heterocycles. The third-order valence-electron chi connectivity index (χ3n) is 4.78. The van der Waals surface area contributed by atoms with Gasteiger partial charge in [0.05, 0.1) is 23.5 Å². The van der Waals surface area contributed by atoms with Crippen LogP contribution in [-0.4, -0.2) is 44.9 Å². The summed E-state index contributed by atoms with van der Waals surface area (Å²) in [6, 6.07) is 20.6. The highest BCUT2D eigenvalue weighted by atomic mass is 79.9. The Bertz CT molecular complexity index is 1360. The smallest absolute Gasteiger partial charge is 0.250 e. The highest BCUT2D eigenvalue weighted by molar-refractivity contribution is 9.11. The first kappa shape index (κ1) is 25.0. The van der Waals surface area contributed by atoms with Crippen LogP contribution in [0.4, 0.5) is 0 Å². The third-order valence-corrected chi connectivity index (χ3v) is 6.77. The Morgan fingerprint density at radius 2 is 1.89 bits per heavy atom. The number of aromatic hydroxyl groups is 1. The molecular weight excluding hydrogens is 598 g/mol. The van der Waals surface area contributed by atoms with Gasteiger partial charge in [0.25, 0.3) is 5.91 Å². The number of benzene rings is 3. The van der Waals surface area contributed by atoms with Crippen LogP contribution in [0.1, 0.15) is 5.56 Å². The van der Waals surface area contributed by atoms with Crippen LogP contribution in [0.15, 0.2) is 85.9 Å². The summed E-state index contributed by atoms with van der Waals surface area (Å²) in [4.78, 5) is 12.4. The van der Waals surface area contributed by atoms with Gasteiger partial charge in [-0.2, -0.15) is 5.10 Å². The van der Waals surface area contributed by atoms with Gasteiger partial charge in [0.1, 0.15) is 11.5 Å². The Morgan fingerprint density at radius 1 is 1.14 bits per heavy atom. The summed E-state index contributed by atoms with van der Waals surface area (Å²) >= 11 is 7.86. The van der Waals surface area contributed by atoms with E-state index in [-0.39, 0.29) is 17.4 Å². The maximum absolute atomic E-state index is 12.4. The van der Waals surface area contributed by atoms with Crippen molar-refractivity contribution in [3.8, 4) is 28.6 Å². The van der Waals surface area contributed by atoms with Crippen LogP contribution in [0.25, 0.3) is 17.1 Å².